The molecule has 86 valence electrons. The molecule has 3 aromatic heterocycles. The Morgan fingerprint density at radius 2 is 2.24 bits per heavy atom. The van der Waals surface area contributed by atoms with Gasteiger partial charge in [-0.15, -0.1) is 11.3 Å². The van der Waals surface area contributed by atoms with Crippen LogP contribution >= 0.6 is 11.3 Å². The number of imidazole rings is 1. The summed E-state index contributed by atoms with van der Waals surface area (Å²) >= 11 is 1.73. The molecule has 17 heavy (non-hydrogen) atoms. The van der Waals surface area contributed by atoms with Crippen LogP contribution in [-0.4, -0.2) is 14.5 Å². The molecule has 4 nitrogen and oxygen atoms in total. The van der Waals surface area contributed by atoms with Crippen molar-refractivity contribution in [2.24, 2.45) is 7.05 Å². The monoisotopic (exact) mass is 244 g/mol. The summed E-state index contributed by atoms with van der Waals surface area (Å²) in [5.74, 6) is 1.92. The van der Waals surface area contributed by atoms with E-state index in [2.05, 4.69) is 26.7 Å². The van der Waals surface area contributed by atoms with Crippen molar-refractivity contribution in [1.82, 2.24) is 14.5 Å². The Morgan fingerprint density at radius 3 is 3.06 bits per heavy atom. The number of rotatable bonds is 3. The largest absolute Gasteiger partial charge is 0.362 e. The number of hydrogen-bond donors (Lipinski definition) is 1. The van der Waals surface area contributed by atoms with Crippen molar-refractivity contribution in [3.05, 3.63) is 41.9 Å². The van der Waals surface area contributed by atoms with Crippen LogP contribution in [0, 0.1) is 0 Å². The maximum absolute atomic E-state index is 4.37. The van der Waals surface area contributed by atoms with Gasteiger partial charge in [-0.2, -0.15) is 0 Å². The van der Waals surface area contributed by atoms with Crippen LogP contribution in [0.5, 0.6) is 0 Å². The van der Waals surface area contributed by atoms with Gasteiger partial charge in [-0.05, 0) is 17.5 Å². The van der Waals surface area contributed by atoms with E-state index in [-0.39, 0.29) is 0 Å². The van der Waals surface area contributed by atoms with Crippen molar-refractivity contribution < 1.29 is 0 Å². The quantitative estimate of drug-likeness (QED) is 0.770. The van der Waals surface area contributed by atoms with Crippen LogP contribution in [0.3, 0.4) is 0 Å². The van der Waals surface area contributed by atoms with Crippen LogP contribution in [0.4, 0.5) is 5.82 Å². The summed E-state index contributed by atoms with van der Waals surface area (Å²) in [5.41, 5.74) is 0. The molecule has 0 amide bonds. The molecule has 0 saturated heterocycles. The molecule has 0 aliphatic rings. The normalized spacial score (nSPS) is 10.9. The number of hydrogen-bond acceptors (Lipinski definition) is 4. The Hall–Kier alpha value is -1.88. The zero-order valence-corrected chi connectivity index (χ0v) is 10.2. The zero-order valence-electron chi connectivity index (χ0n) is 9.42. The molecule has 3 heterocycles. The molecule has 0 aliphatic heterocycles. The minimum Gasteiger partial charge on any atom is -0.362 e. The fourth-order valence-electron chi connectivity index (χ4n) is 1.77. The molecular weight excluding hydrogens is 232 g/mol. The summed E-state index contributed by atoms with van der Waals surface area (Å²) < 4.78 is 3.25. The molecule has 3 aromatic rings. The lowest BCUT2D eigenvalue weighted by atomic mass is 10.3. The van der Waals surface area contributed by atoms with Gasteiger partial charge in [-0.1, -0.05) is 0 Å². The van der Waals surface area contributed by atoms with E-state index in [1.807, 2.05) is 30.1 Å². The van der Waals surface area contributed by atoms with Crippen molar-refractivity contribution in [1.29, 1.82) is 0 Å². The van der Waals surface area contributed by atoms with Gasteiger partial charge in [0.2, 0.25) is 0 Å². The summed E-state index contributed by atoms with van der Waals surface area (Å²) in [6.07, 6.45) is 5.57. The van der Waals surface area contributed by atoms with Gasteiger partial charge in [-0.25, -0.2) is 9.97 Å². The van der Waals surface area contributed by atoms with E-state index < -0.39 is 0 Å². The molecule has 0 bridgehead atoms. The van der Waals surface area contributed by atoms with Gasteiger partial charge < -0.3 is 9.88 Å². The Kier molecular flexibility index (Phi) is 2.53. The van der Waals surface area contributed by atoms with E-state index in [1.54, 1.807) is 17.5 Å². The Morgan fingerprint density at radius 1 is 1.29 bits per heavy atom. The molecule has 3 rings (SSSR count). The second-order valence-corrected chi connectivity index (χ2v) is 4.75. The highest BCUT2D eigenvalue weighted by molar-refractivity contribution is 7.17. The third-order valence-corrected chi connectivity index (χ3v) is 3.60. The molecule has 0 atom stereocenters. The molecule has 0 saturated carbocycles. The minimum atomic E-state index is 0.686. The van der Waals surface area contributed by atoms with Crippen LogP contribution in [0.25, 0.3) is 10.1 Å². The van der Waals surface area contributed by atoms with Crippen LogP contribution in [0.1, 0.15) is 5.82 Å². The van der Waals surface area contributed by atoms with Gasteiger partial charge in [-0.3, -0.25) is 0 Å². The van der Waals surface area contributed by atoms with E-state index >= 15 is 0 Å². The molecule has 0 unspecified atom stereocenters. The molecule has 0 aliphatic carbocycles. The van der Waals surface area contributed by atoms with Crippen molar-refractivity contribution in [3.63, 3.8) is 0 Å². The number of pyridine rings is 1. The Bertz CT molecular complexity index is 641. The number of aryl methyl sites for hydroxylation is 1. The van der Waals surface area contributed by atoms with E-state index in [0.717, 1.165) is 11.6 Å². The summed E-state index contributed by atoms with van der Waals surface area (Å²) in [7, 11) is 1.99. The predicted octanol–water partition coefficient (Wildman–Crippen LogP) is 2.64. The Balaban J connectivity index is 1.86. The molecule has 5 heteroatoms. The summed E-state index contributed by atoms with van der Waals surface area (Å²) in [4.78, 5) is 8.64. The molecule has 0 radical (unpaired) electrons. The van der Waals surface area contributed by atoms with Crippen molar-refractivity contribution in [2.75, 3.05) is 5.32 Å². The standard InChI is InChI=1S/C12H12N4S/c1-16-6-5-13-11(16)8-15-12-9-3-7-17-10(9)2-4-14-12/h2-7H,8H2,1H3,(H,14,15). The molecule has 0 aromatic carbocycles. The molecule has 1 N–H and O–H groups in total. The number of aromatic nitrogens is 3. The number of thiophene rings is 1. The van der Waals surface area contributed by atoms with E-state index in [4.69, 9.17) is 0 Å². The average molecular weight is 244 g/mol. The second-order valence-electron chi connectivity index (χ2n) is 3.80. The lowest BCUT2D eigenvalue weighted by molar-refractivity contribution is 0.811. The summed E-state index contributed by atoms with van der Waals surface area (Å²) in [6, 6.07) is 4.12. The molecular formula is C12H12N4S. The summed E-state index contributed by atoms with van der Waals surface area (Å²) in [5, 5.41) is 6.58. The molecule has 0 fully saturated rings. The maximum Gasteiger partial charge on any atom is 0.135 e. The first kappa shape index (κ1) is 10.3. The van der Waals surface area contributed by atoms with Crippen LogP contribution in [-0.2, 0) is 13.6 Å². The second kappa shape index (κ2) is 4.18. The lowest BCUT2D eigenvalue weighted by Crippen LogP contribution is -2.06. The van der Waals surface area contributed by atoms with Gasteiger partial charge in [0.15, 0.2) is 0 Å². The first-order valence-electron chi connectivity index (χ1n) is 5.37. The van der Waals surface area contributed by atoms with Crippen molar-refractivity contribution in [3.8, 4) is 0 Å². The highest BCUT2D eigenvalue weighted by Gasteiger charge is 2.04. The number of nitrogens with zero attached hydrogens (tertiary/aromatic N) is 3. The van der Waals surface area contributed by atoms with Crippen molar-refractivity contribution >= 4 is 27.2 Å². The van der Waals surface area contributed by atoms with Gasteiger partial charge in [0, 0.05) is 35.7 Å². The van der Waals surface area contributed by atoms with Gasteiger partial charge >= 0.3 is 0 Å². The van der Waals surface area contributed by atoms with E-state index in [0.29, 0.717) is 6.54 Å². The smallest absolute Gasteiger partial charge is 0.135 e. The van der Waals surface area contributed by atoms with E-state index in [9.17, 15) is 0 Å². The highest BCUT2D eigenvalue weighted by Crippen LogP contribution is 2.25. The van der Waals surface area contributed by atoms with Crippen molar-refractivity contribution in [2.45, 2.75) is 6.54 Å². The van der Waals surface area contributed by atoms with Gasteiger partial charge in [0.25, 0.3) is 0 Å². The lowest BCUT2D eigenvalue weighted by Gasteiger charge is -2.06. The minimum absolute atomic E-state index is 0.686. The average Bonchev–Trinajstić information content (AvgIpc) is 2.95. The third kappa shape index (κ3) is 1.89. The SMILES string of the molecule is Cn1ccnc1CNc1nccc2sccc12. The fraction of sp³-hybridized carbons (Fsp3) is 0.167. The van der Waals surface area contributed by atoms with Crippen LogP contribution in [0.15, 0.2) is 36.1 Å². The van der Waals surface area contributed by atoms with E-state index in [1.165, 1.54) is 10.1 Å². The topological polar surface area (TPSA) is 42.7 Å². The summed E-state index contributed by atoms with van der Waals surface area (Å²) in [6.45, 7) is 0.686. The third-order valence-electron chi connectivity index (χ3n) is 2.71. The highest BCUT2D eigenvalue weighted by atomic mass is 32.1. The first-order valence-corrected chi connectivity index (χ1v) is 6.25. The van der Waals surface area contributed by atoms with Crippen LogP contribution < -0.4 is 5.32 Å². The van der Waals surface area contributed by atoms with Crippen LogP contribution in [0.2, 0.25) is 0 Å². The van der Waals surface area contributed by atoms with Gasteiger partial charge in [0.05, 0.1) is 6.54 Å². The predicted molar refractivity (Wildman–Crippen MR) is 70.2 cm³/mol. The zero-order chi connectivity index (χ0) is 11.7. The molecule has 0 spiro atoms. The number of fused-ring (bicyclic) bond motifs is 1. The maximum atomic E-state index is 4.37. The first-order chi connectivity index (χ1) is 8.34. The number of nitrogens with one attached hydrogen (secondary N) is 1. The Labute approximate surface area is 103 Å². The number of anilines is 1. The van der Waals surface area contributed by atoms with Gasteiger partial charge in [0.1, 0.15) is 11.6 Å². The fourth-order valence-corrected chi connectivity index (χ4v) is 2.55.